The van der Waals surface area contributed by atoms with Crippen LogP contribution in [0.15, 0.2) is 16.6 Å². The minimum Gasteiger partial charge on any atom is -0.479 e. The second kappa shape index (κ2) is 4.59. The molecule has 0 radical (unpaired) electrons. The molecule has 0 heterocycles. The Morgan fingerprint density at radius 2 is 2.14 bits per heavy atom. The summed E-state index contributed by atoms with van der Waals surface area (Å²) in [5, 5.41) is 18.0. The Labute approximate surface area is 103 Å². The van der Waals surface area contributed by atoms with E-state index in [0.29, 0.717) is 5.56 Å². The van der Waals surface area contributed by atoms with Gasteiger partial charge >= 0.3 is 5.97 Å². The second-order valence-corrected chi connectivity index (χ2v) is 4.75. The number of aliphatic carboxylic acids is 1. The molecule has 0 fully saturated rings. The fourth-order valence-electron chi connectivity index (χ4n) is 1.03. The van der Waals surface area contributed by atoms with Crippen LogP contribution in [-0.4, -0.2) is 16.2 Å². The Hall–Kier alpha value is -0.140. The number of hydrogen-bond acceptors (Lipinski definition) is 2. The first-order valence-electron chi connectivity index (χ1n) is 3.80. The Morgan fingerprint density at radius 3 is 2.64 bits per heavy atom. The third-order valence-corrected chi connectivity index (χ3v) is 4.17. The highest BCUT2D eigenvalue weighted by Gasteiger charge is 2.20. The molecule has 0 aromatic heterocycles. The maximum absolute atomic E-state index is 10.6. The van der Waals surface area contributed by atoms with Gasteiger partial charge in [-0.15, -0.1) is 0 Å². The summed E-state index contributed by atoms with van der Waals surface area (Å²) in [5.74, 6) is -1.23. The molecule has 1 atom stereocenters. The van der Waals surface area contributed by atoms with Crippen LogP contribution in [0.4, 0.5) is 0 Å². The van der Waals surface area contributed by atoms with Crippen LogP contribution in [0.1, 0.15) is 17.2 Å². The average Bonchev–Trinajstić information content (AvgIpc) is 2.13. The molecule has 0 amide bonds. The second-order valence-electron chi connectivity index (χ2n) is 2.82. The number of halogens is 2. The van der Waals surface area contributed by atoms with Crippen molar-refractivity contribution < 1.29 is 15.0 Å². The van der Waals surface area contributed by atoms with Crippen molar-refractivity contribution in [2.24, 2.45) is 0 Å². The molecule has 0 aliphatic carbocycles. The van der Waals surface area contributed by atoms with Gasteiger partial charge in [0.25, 0.3) is 0 Å². The van der Waals surface area contributed by atoms with Gasteiger partial charge in [-0.3, -0.25) is 0 Å². The largest absolute Gasteiger partial charge is 0.479 e. The fraction of sp³-hybridized carbons (Fsp3) is 0.222. The number of carboxylic acids is 1. The van der Waals surface area contributed by atoms with Gasteiger partial charge in [-0.25, -0.2) is 4.79 Å². The van der Waals surface area contributed by atoms with Crippen LogP contribution in [-0.2, 0) is 4.79 Å². The Balaban J connectivity index is 3.24. The van der Waals surface area contributed by atoms with Gasteiger partial charge in [0.1, 0.15) is 0 Å². The zero-order valence-electron chi connectivity index (χ0n) is 7.29. The topological polar surface area (TPSA) is 57.5 Å². The SMILES string of the molecule is Cc1c(Br)ccc(C(O)C(=O)O)c1I. The molecule has 1 aromatic rings. The first-order chi connectivity index (χ1) is 6.45. The minimum atomic E-state index is -1.45. The van der Waals surface area contributed by atoms with E-state index in [9.17, 15) is 9.90 Å². The Bertz CT molecular complexity index is 379. The van der Waals surface area contributed by atoms with Gasteiger partial charge < -0.3 is 10.2 Å². The third-order valence-electron chi connectivity index (χ3n) is 1.88. The molecule has 3 nitrogen and oxygen atoms in total. The molecule has 1 unspecified atom stereocenters. The van der Waals surface area contributed by atoms with E-state index in [4.69, 9.17) is 5.11 Å². The van der Waals surface area contributed by atoms with Crippen molar-refractivity contribution >= 4 is 44.5 Å². The normalized spacial score (nSPS) is 12.6. The van der Waals surface area contributed by atoms with Gasteiger partial charge in [-0.05, 0) is 41.1 Å². The predicted octanol–water partition coefficient (Wildman–Crippen LogP) is 2.48. The molecule has 0 saturated heterocycles. The van der Waals surface area contributed by atoms with Crippen LogP contribution >= 0.6 is 38.5 Å². The van der Waals surface area contributed by atoms with Gasteiger partial charge in [0, 0.05) is 13.6 Å². The van der Waals surface area contributed by atoms with Crippen molar-refractivity contribution in [3.63, 3.8) is 0 Å². The molecule has 5 heteroatoms. The highest BCUT2D eigenvalue weighted by atomic mass is 127. The van der Waals surface area contributed by atoms with Crippen LogP contribution in [0.3, 0.4) is 0 Å². The summed E-state index contributed by atoms with van der Waals surface area (Å²) in [4.78, 5) is 10.6. The van der Waals surface area contributed by atoms with Gasteiger partial charge in [0.2, 0.25) is 0 Å². The monoisotopic (exact) mass is 370 g/mol. The average molecular weight is 371 g/mol. The molecule has 0 aliphatic rings. The van der Waals surface area contributed by atoms with Crippen LogP contribution < -0.4 is 0 Å². The maximum Gasteiger partial charge on any atom is 0.337 e. The Morgan fingerprint density at radius 1 is 1.57 bits per heavy atom. The molecule has 1 aromatic carbocycles. The van der Waals surface area contributed by atoms with Crippen LogP contribution in [0.5, 0.6) is 0 Å². The van der Waals surface area contributed by atoms with Gasteiger partial charge in [-0.2, -0.15) is 0 Å². The molecular formula is C9H8BrIO3. The lowest BCUT2D eigenvalue weighted by Gasteiger charge is -2.11. The standard InChI is InChI=1S/C9H8BrIO3/c1-4-6(10)3-2-5(7(4)11)8(12)9(13)14/h2-3,8,12H,1H3,(H,13,14). The maximum atomic E-state index is 10.6. The smallest absolute Gasteiger partial charge is 0.337 e. The Kier molecular flexibility index (Phi) is 3.91. The molecule has 14 heavy (non-hydrogen) atoms. The summed E-state index contributed by atoms with van der Waals surface area (Å²) in [6.45, 7) is 1.87. The van der Waals surface area contributed by atoms with E-state index < -0.39 is 12.1 Å². The first kappa shape index (κ1) is 11.9. The quantitative estimate of drug-likeness (QED) is 0.786. The van der Waals surface area contributed by atoms with Crippen LogP contribution in [0.25, 0.3) is 0 Å². The molecular weight excluding hydrogens is 363 g/mol. The van der Waals surface area contributed by atoms with Crippen molar-refractivity contribution in [3.05, 3.63) is 31.3 Å². The van der Waals surface area contributed by atoms with E-state index in [2.05, 4.69) is 15.9 Å². The van der Waals surface area contributed by atoms with E-state index >= 15 is 0 Å². The molecule has 2 N–H and O–H groups in total. The van der Waals surface area contributed by atoms with E-state index in [0.717, 1.165) is 13.6 Å². The van der Waals surface area contributed by atoms with Crippen molar-refractivity contribution in [2.75, 3.05) is 0 Å². The third kappa shape index (κ3) is 2.26. The summed E-state index contributed by atoms with van der Waals surface area (Å²) in [6.07, 6.45) is -1.45. The van der Waals surface area contributed by atoms with E-state index in [-0.39, 0.29) is 0 Å². The number of rotatable bonds is 2. The van der Waals surface area contributed by atoms with Gasteiger partial charge in [0.15, 0.2) is 6.10 Å². The van der Waals surface area contributed by atoms with Crippen molar-refractivity contribution in [2.45, 2.75) is 13.0 Å². The zero-order valence-corrected chi connectivity index (χ0v) is 11.0. The number of aliphatic hydroxyl groups excluding tert-OH is 1. The van der Waals surface area contributed by atoms with Crippen molar-refractivity contribution in [1.82, 2.24) is 0 Å². The summed E-state index contributed by atoms with van der Waals surface area (Å²) in [5.41, 5.74) is 1.36. The number of benzene rings is 1. The van der Waals surface area contributed by atoms with Crippen LogP contribution in [0, 0.1) is 10.5 Å². The van der Waals surface area contributed by atoms with Gasteiger partial charge in [-0.1, -0.05) is 22.0 Å². The summed E-state index contributed by atoms with van der Waals surface area (Å²) in [6, 6.07) is 3.34. The summed E-state index contributed by atoms with van der Waals surface area (Å²) in [7, 11) is 0. The molecule has 0 bridgehead atoms. The highest BCUT2D eigenvalue weighted by Crippen LogP contribution is 2.28. The minimum absolute atomic E-state index is 0.429. The van der Waals surface area contributed by atoms with Crippen LogP contribution in [0.2, 0.25) is 0 Å². The molecule has 1 rings (SSSR count). The molecule has 76 valence electrons. The lowest BCUT2D eigenvalue weighted by molar-refractivity contribution is -0.147. The van der Waals surface area contributed by atoms with Crippen molar-refractivity contribution in [3.8, 4) is 0 Å². The summed E-state index contributed by atoms with van der Waals surface area (Å²) < 4.78 is 1.68. The fourth-order valence-corrected chi connectivity index (χ4v) is 2.49. The van der Waals surface area contributed by atoms with E-state index in [1.54, 1.807) is 12.1 Å². The molecule has 0 aliphatic heterocycles. The predicted molar refractivity (Wildman–Crippen MR) is 64.2 cm³/mol. The summed E-state index contributed by atoms with van der Waals surface area (Å²) >= 11 is 5.36. The first-order valence-corrected chi connectivity index (χ1v) is 5.67. The number of aliphatic hydroxyl groups is 1. The number of hydrogen-bond donors (Lipinski definition) is 2. The number of carbonyl (C=O) groups is 1. The zero-order chi connectivity index (χ0) is 10.9. The number of carboxylic acid groups (broad SMARTS) is 1. The lowest BCUT2D eigenvalue weighted by Crippen LogP contribution is -2.12. The van der Waals surface area contributed by atoms with E-state index in [1.807, 2.05) is 29.5 Å². The molecule has 0 spiro atoms. The van der Waals surface area contributed by atoms with Crippen molar-refractivity contribution in [1.29, 1.82) is 0 Å². The molecule has 0 saturated carbocycles. The lowest BCUT2D eigenvalue weighted by atomic mass is 10.1. The van der Waals surface area contributed by atoms with Gasteiger partial charge in [0.05, 0.1) is 0 Å². The van der Waals surface area contributed by atoms with E-state index in [1.165, 1.54) is 0 Å². The highest BCUT2D eigenvalue weighted by molar-refractivity contribution is 14.1.